The third kappa shape index (κ3) is 4.04. The van der Waals surface area contributed by atoms with Crippen LogP contribution in [-0.2, 0) is 4.74 Å². The van der Waals surface area contributed by atoms with Crippen molar-refractivity contribution in [2.24, 2.45) is 17.6 Å². The van der Waals surface area contributed by atoms with Crippen molar-refractivity contribution in [1.82, 2.24) is 5.32 Å². The molecule has 1 saturated carbocycles. The first-order valence-corrected chi connectivity index (χ1v) is 6.91. The van der Waals surface area contributed by atoms with Gasteiger partial charge in [-0.3, -0.25) is 0 Å². The van der Waals surface area contributed by atoms with Gasteiger partial charge in [-0.1, -0.05) is 12.8 Å². The molecule has 1 aliphatic carbocycles. The van der Waals surface area contributed by atoms with E-state index in [0.717, 1.165) is 38.1 Å². The first-order chi connectivity index (χ1) is 7.90. The summed E-state index contributed by atoms with van der Waals surface area (Å²) in [6.45, 7) is 3.76. The van der Waals surface area contributed by atoms with Gasteiger partial charge in [-0.15, -0.1) is 0 Å². The summed E-state index contributed by atoms with van der Waals surface area (Å²) >= 11 is 0. The first kappa shape index (κ1) is 12.3. The van der Waals surface area contributed by atoms with Crippen LogP contribution in [0.3, 0.4) is 0 Å². The van der Waals surface area contributed by atoms with Gasteiger partial charge in [0.25, 0.3) is 0 Å². The molecule has 2 rings (SSSR count). The number of ether oxygens (including phenoxy) is 1. The molecule has 0 aromatic heterocycles. The molecule has 1 aliphatic heterocycles. The zero-order valence-corrected chi connectivity index (χ0v) is 10.3. The van der Waals surface area contributed by atoms with E-state index < -0.39 is 0 Å². The molecule has 0 bridgehead atoms. The van der Waals surface area contributed by atoms with Crippen LogP contribution in [0.2, 0.25) is 0 Å². The molecular formula is C13H26N2O. The summed E-state index contributed by atoms with van der Waals surface area (Å²) in [5.41, 5.74) is 5.85. The Labute approximate surface area is 99.1 Å². The van der Waals surface area contributed by atoms with E-state index in [9.17, 15) is 0 Å². The highest BCUT2D eigenvalue weighted by Crippen LogP contribution is 2.33. The van der Waals surface area contributed by atoms with Crippen molar-refractivity contribution in [3.63, 3.8) is 0 Å². The van der Waals surface area contributed by atoms with Crippen molar-refractivity contribution in [3.8, 4) is 0 Å². The van der Waals surface area contributed by atoms with E-state index in [2.05, 4.69) is 5.32 Å². The normalized spacial score (nSPS) is 24.6. The minimum atomic E-state index is 0.517. The van der Waals surface area contributed by atoms with Crippen molar-refractivity contribution in [1.29, 1.82) is 0 Å². The monoisotopic (exact) mass is 226 g/mol. The SMILES string of the molecule is NCC(NCCCC1CC1)C1CCOCC1. The second kappa shape index (κ2) is 6.58. The van der Waals surface area contributed by atoms with E-state index in [0.29, 0.717) is 6.04 Å². The lowest BCUT2D eigenvalue weighted by Gasteiger charge is -2.30. The Hall–Kier alpha value is -0.120. The van der Waals surface area contributed by atoms with Gasteiger partial charge in [-0.25, -0.2) is 0 Å². The summed E-state index contributed by atoms with van der Waals surface area (Å²) in [7, 11) is 0. The smallest absolute Gasteiger partial charge is 0.0469 e. The maximum atomic E-state index is 5.85. The number of rotatable bonds is 7. The van der Waals surface area contributed by atoms with E-state index >= 15 is 0 Å². The van der Waals surface area contributed by atoms with Crippen molar-refractivity contribution < 1.29 is 4.74 Å². The second-order valence-corrected chi connectivity index (χ2v) is 5.33. The molecule has 2 fully saturated rings. The Morgan fingerprint density at radius 1 is 1.19 bits per heavy atom. The maximum absolute atomic E-state index is 5.85. The zero-order chi connectivity index (χ0) is 11.2. The van der Waals surface area contributed by atoms with Crippen LogP contribution >= 0.6 is 0 Å². The summed E-state index contributed by atoms with van der Waals surface area (Å²) in [5, 5.41) is 3.64. The summed E-state index contributed by atoms with van der Waals surface area (Å²) in [6, 6.07) is 0.517. The maximum Gasteiger partial charge on any atom is 0.0469 e. The number of hydrogen-bond acceptors (Lipinski definition) is 3. The Morgan fingerprint density at radius 3 is 2.56 bits per heavy atom. The van der Waals surface area contributed by atoms with Crippen molar-refractivity contribution in [2.75, 3.05) is 26.3 Å². The van der Waals surface area contributed by atoms with Gasteiger partial charge >= 0.3 is 0 Å². The molecule has 1 atom stereocenters. The van der Waals surface area contributed by atoms with E-state index in [-0.39, 0.29) is 0 Å². The highest BCUT2D eigenvalue weighted by Gasteiger charge is 2.23. The lowest BCUT2D eigenvalue weighted by atomic mass is 9.91. The molecule has 0 aromatic rings. The molecule has 94 valence electrons. The Bertz CT molecular complexity index is 188. The average molecular weight is 226 g/mol. The Balaban J connectivity index is 1.59. The fourth-order valence-electron chi connectivity index (χ4n) is 2.65. The summed E-state index contributed by atoms with van der Waals surface area (Å²) in [5.74, 6) is 1.79. The molecule has 0 amide bonds. The molecule has 1 heterocycles. The predicted octanol–water partition coefficient (Wildman–Crippen LogP) is 1.52. The van der Waals surface area contributed by atoms with Gasteiger partial charge in [0, 0.05) is 25.8 Å². The third-order valence-electron chi connectivity index (χ3n) is 3.98. The van der Waals surface area contributed by atoms with Crippen LogP contribution in [0.4, 0.5) is 0 Å². The van der Waals surface area contributed by atoms with E-state index in [4.69, 9.17) is 10.5 Å². The van der Waals surface area contributed by atoms with Crippen LogP contribution in [0.25, 0.3) is 0 Å². The van der Waals surface area contributed by atoms with Gasteiger partial charge in [0.15, 0.2) is 0 Å². The second-order valence-electron chi connectivity index (χ2n) is 5.33. The van der Waals surface area contributed by atoms with Crippen LogP contribution in [0, 0.1) is 11.8 Å². The molecule has 16 heavy (non-hydrogen) atoms. The minimum absolute atomic E-state index is 0.517. The number of nitrogens with one attached hydrogen (secondary N) is 1. The first-order valence-electron chi connectivity index (χ1n) is 6.91. The van der Waals surface area contributed by atoms with Crippen LogP contribution in [0.15, 0.2) is 0 Å². The highest BCUT2D eigenvalue weighted by molar-refractivity contribution is 4.80. The summed E-state index contributed by atoms with van der Waals surface area (Å²) in [6.07, 6.45) is 8.04. The van der Waals surface area contributed by atoms with E-state index in [1.54, 1.807) is 0 Å². The van der Waals surface area contributed by atoms with Crippen molar-refractivity contribution in [2.45, 2.75) is 44.6 Å². The average Bonchev–Trinajstić information content (AvgIpc) is 3.14. The molecular weight excluding hydrogens is 200 g/mol. The molecule has 0 aromatic carbocycles. The molecule has 2 aliphatic rings. The summed E-state index contributed by atoms with van der Waals surface area (Å²) in [4.78, 5) is 0. The topological polar surface area (TPSA) is 47.3 Å². The standard InChI is InChI=1S/C13H26N2O/c14-10-13(12-5-8-16-9-6-12)15-7-1-2-11-3-4-11/h11-13,15H,1-10,14H2. The highest BCUT2D eigenvalue weighted by atomic mass is 16.5. The largest absolute Gasteiger partial charge is 0.381 e. The van der Waals surface area contributed by atoms with Crippen LogP contribution in [0.5, 0.6) is 0 Å². The lowest BCUT2D eigenvalue weighted by molar-refractivity contribution is 0.0547. The minimum Gasteiger partial charge on any atom is -0.381 e. The predicted molar refractivity (Wildman–Crippen MR) is 66.3 cm³/mol. The van der Waals surface area contributed by atoms with Gasteiger partial charge in [0.1, 0.15) is 0 Å². The Morgan fingerprint density at radius 2 is 1.94 bits per heavy atom. The fourth-order valence-corrected chi connectivity index (χ4v) is 2.65. The molecule has 0 spiro atoms. The molecule has 0 radical (unpaired) electrons. The number of hydrogen-bond donors (Lipinski definition) is 2. The fraction of sp³-hybridized carbons (Fsp3) is 1.00. The lowest BCUT2D eigenvalue weighted by Crippen LogP contribution is -2.44. The zero-order valence-electron chi connectivity index (χ0n) is 10.3. The van der Waals surface area contributed by atoms with Gasteiger partial charge in [-0.2, -0.15) is 0 Å². The van der Waals surface area contributed by atoms with Gasteiger partial charge in [-0.05, 0) is 44.1 Å². The molecule has 1 unspecified atom stereocenters. The molecule has 1 saturated heterocycles. The van der Waals surface area contributed by atoms with Crippen LogP contribution in [0.1, 0.15) is 38.5 Å². The summed E-state index contributed by atoms with van der Waals surface area (Å²) < 4.78 is 5.39. The Kier molecular flexibility index (Phi) is 5.07. The quantitative estimate of drug-likeness (QED) is 0.647. The molecule has 3 N–H and O–H groups in total. The van der Waals surface area contributed by atoms with Crippen molar-refractivity contribution >= 4 is 0 Å². The van der Waals surface area contributed by atoms with E-state index in [1.165, 1.54) is 38.5 Å². The number of nitrogens with two attached hydrogens (primary N) is 1. The van der Waals surface area contributed by atoms with Gasteiger partial charge < -0.3 is 15.8 Å². The molecule has 3 nitrogen and oxygen atoms in total. The van der Waals surface area contributed by atoms with E-state index in [1.807, 2.05) is 0 Å². The van der Waals surface area contributed by atoms with Gasteiger partial charge in [0.2, 0.25) is 0 Å². The molecule has 3 heteroatoms. The van der Waals surface area contributed by atoms with Crippen molar-refractivity contribution in [3.05, 3.63) is 0 Å². The van der Waals surface area contributed by atoms with Crippen LogP contribution < -0.4 is 11.1 Å². The van der Waals surface area contributed by atoms with Gasteiger partial charge in [0.05, 0.1) is 0 Å². The van der Waals surface area contributed by atoms with Crippen LogP contribution in [-0.4, -0.2) is 32.3 Å². The third-order valence-corrected chi connectivity index (χ3v) is 3.98.